The van der Waals surface area contributed by atoms with Crippen molar-refractivity contribution in [2.75, 3.05) is 44.3 Å². The average Bonchev–Trinajstić information content (AvgIpc) is 3.27. The van der Waals surface area contributed by atoms with E-state index < -0.39 is 0 Å². The lowest BCUT2D eigenvalue weighted by molar-refractivity contribution is -0.118. The molecule has 0 saturated carbocycles. The highest BCUT2D eigenvalue weighted by Crippen LogP contribution is 2.28. The summed E-state index contributed by atoms with van der Waals surface area (Å²) in [6.07, 6.45) is 3.80. The third-order valence-electron chi connectivity index (χ3n) is 5.01. The Kier molecular flexibility index (Phi) is 7.07. The van der Waals surface area contributed by atoms with Crippen molar-refractivity contribution >= 4 is 34.0 Å². The molecule has 0 atom stereocenters. The van der Waals surface area contributed by atoms with Gasteiger partial charge in [0, 0.05) is 54.5 Å². The van der Waals surface area contributed by atoms with E-state index in [1.165, 1.54) is 11.3 Å². The molecule has 0 unspecified atom stereocenters. The molecule has 1 aliphatic rings. The molecule has 1 saturated heterocycles. The minimum absolute atomic E-state index is 0.0289. The molecule has 0 N–H and O–H groups in total. The lowest BCUT2D eigenvalue weighted by Gasteiger charge is -2.29. The van der Waals surface area contributed by atoms with E-state index >= 15 is 0 Å². The van der Waals surface area contributed by atoms with Crippen LogP contribution in [-0.4, -0.2) is 60.2 Å². The van der Waals surface area contributed by atoms with Gasteiger partial charge in [0.25, 0.3) is 0 Å². The van der Waals surface area contributed by atoms with Crippen molar-refractivity contribution in [1.82, 2.24) is 14.9 Å². The average molecular weight is 443 g/mol. The van der Waals surface area contributed by atoms with Crippen LogP contribution >= 0.6 is 22.9 Å². The Morgan fingerprint density at radius 1 is 1.13 bits per heavy atom. The van der Waals surface area contributed by atoms with Crippen molar-refractivity contribution in [3.05, 3.63) is 64.8 Å². The molecule has 1 aliphatic heterocycles. The van der Waals surface area contributed by atoms with Crippen LogP contribution in [0, 0.1) is 0 Å². The number of amides is 1. The van der Waals surface area contributed by atoms with E-state index in [4.69, 9.17) is 21.3 Å². The zero-order valence-corrected chi connectivity index (χ0v) is 18.1. The van der Waals surface area contributed by atoms with Gasteiger partial charge in [0.2, 0.25) is 5.91 Å². The fraction of sp³-hybridized carbons (Fsp3) is 0.318. The first kappa shape index (κ1) is 20.9. The third-order valence-corrected chi connectivity index (χ3v) is 6.13. The van der Waals surface area contributed by atoms with Gasteiger partial charge in [0.15, 0.2) is 5.13 Å². The Morgan fingerprint density at radius 2 is 1.87 bits per heavy atom. The van der Waals surface area contributed by atoms with Crippen molar-refractivity contribution < 1.29 is 9.53 Å². The van der Waals surface area contributed by atoms with Crippen LogP contribution in [0.3, 0.4) is 0 Å². The topological polar surface area (TPSA) is 58.6 Å². The maximum Gasteiger partial charge on any atom is 0.233 e. The van der Waals surface area contributed by atoms with E-state index in [9.17, 15) is 4.79 Å². The van der Waals surface area contributed by atoms with Crippen molar-refractivity contribution in [2.45, 2.75) is 6.42 Å². The predicted octanol–water partition coefficient (Wildman–Crippen LogP) is 3.77. The maximum absolute atomic E-state index is 13.2. The Bertz CT molecular complexity index is 959. The van der Waals surface area contributed by atoms with Gasteiger partial charge in [-0.05, 0) is 29.8 Å². The van der Waals surface area contributed by atoms with Crippen LogP contribution in [-0.2, 0) is 16.0 Å². The van der Waals surface area contributed by atoms with Gasteiger partial charge in [0.05, 0.1) is 25.3 Å². The Labute approximate surface area is 185 Å². The normalized spacial score (nSPS) is 14.6. The second-order valence-electron chi connectivity index (χ2n) is 7.05. The van der Waals surface area contributed by atoms with Crippen molar-refractivity contribution in [1.29, 1.82) is 0 Å². The summed E-state index contributed by atoms with van der Waals surface area (Å²) in [7, 11) is 0. The highest BCUT2D eigenvalue weighted by molar-refractivity contribution is 7.14. The van der Waals surface area contributed by atoms with Gasteiger partial charge in [-0.3, -0.25) is 19.6 Å². The molecule has 1 amide bonds. The standard InChI is InChI=1S/C22H23ClN4O2S/c23-19-3-1-17(2-4-19)15-21(28)27(10-9-26-11-13-29-14-12-26)22-25-20(16-30-22)18-5-7-24-8-6-18/h1-8,16H,9-15H2. The van der Waals surface area contributed by atoms with Gasteiger partial charge < -0.3 is 4.74 Å². The molecule has 6 nitrogen and oxygen atoms in total. The number of pyridine rings is 1. The molecule has 1 fully saturated rings. The molecule has 8 heteroatoms. The van der Waals surface area contributed by atoms with Crippen LogP contribution in [0.15, 0.2) is 54.2 Å². The molecule has 3 heterocycles. The summed E-state index contributed by atoms with van der Waals surface area (Å²) in [6.45, 7) is 4.64. The Hall–Kier alpha value is -2.32. The zero-order valence-electron chi connectivity index (χ0n) is 16.5. The summed E-state index contributed by atoms with van der Waals surface area (Å²) >= 11 is 7.47. The lowest BCUT2D eigenvalue weighted by atomic mass is 10.1. The quantitative estimate of drug-likeness (QED) is 0.557. The molecular weight excluding hydrogens is 420 g/mol. The number of carbonyl (C=O) groups is 1. The highest BCUT2D eigenvalue weighted by Gasteiger charge is 2.21. The number of hydrogen-bond donors (Lipinski definition) is 0. The molecule has 4 rings (SSSR count). The number of thiazole rings is 1. The van der Waals surface area contributed by atoms with Crippen molar-refractivity contribution in [3.8, 4) is 11.3 Å². The number of carbonyl (C=O) groups excluding carboxylic acids is 1. The van der Waals surface area contributed by atoms with Crippen molar-refractivity contribution in [2.24, 2.45) is 0 Å². The second kappa shape index (κ2) is 10.1. The first-order chi connectivity index (χ1) is 14.7. The van der Waals surface area contributed by atoms with Crippen LogP contribution in [0.5, 0.6) is 0 Å². The summed E-state index contributed by atoms with van der Waals surface area (Å²) in [5, 5.41) is 3.37. The number of anilines is 1. The molecule has 0 bridgehead atoms. The smallest absolute Gasteiger partial charge is 0.233 e. The lowest BCUT2D eigenvalue weighted by Crippen LogP contribution is -2.43. The number of nitrogens with zero attached hydrogens (tertiary/aromatic N) is 4. The summed E-state index contributed by atoms with van der Waals surface area (Å²) in [5.74, 6) is 0.0289. The minimum atomic E-state index is 0.0289. The van der Waals surface area contributed by atoms with E-state index in [1.807, 2.05) is 41.8 Å². The molecular formula is C22H23ClN4O2S. The van der Waals surface area contributed by atoms with E-state index in [2.05, 4.69) is 9.88 Å². The van der Waals surface area contributed by atoms with Crippen LogP contribution in [0.25, 0.3) is 11.3 Å². The zero-order chi connectivity index (χ0) is 20.8. The molecule has 0 radical (unpaired) electrons. The Morgan fingerprint density at radius 3 is 2.60 bits per heavy atom. The summed E-state index contributed by atoms with van der Waals surface area (Å²) in [6, 6.07) is 11.3. The first-order valence-electron chi connectivity index (χ1n) is 9.90. The van der Waals surface area contributed by atoms with E-state index in [0.717, 1.165) is 49.7 Å². The van der Waals surface area contributed by atoms with Gasteiger partial charge in [-0.1, -0.05) is 23.7 Å². The van der Waals surface area contributed by atoms with Crippen LogP contribution in [0.1, 0.15) is 5.56 Å². The van der Waals surface area contributed by atoms with Crippen LogP contribution in [0.4, 0.5) is 5.13 Å². The third kappa shape index (κ3) is 5.43. The molecule has 2 aromatic heterocycles. The minimum Gasteiger partial charge on any atom is -0.379 e. The van der Waals surface area contributed by atoms with Crippen LogP contribution < -0.4 is 4.90 Å². The Balaban J connectivity index is 1.52. The number of aromatic nitrogens is 2. The summed E-state index contributed by atoms with van der Waals surface area (Å²) < 4.78 is 5.43. The monoisotopic (exact) mass is 442 g/mol. The predicted molar refractivity (Wildman–Crippen MR) is 120 cm³/mol. The number of benzene rings is 1. The fourth-order valence-electron chi connectivity index (χ4n) is 3.31. The van der Waals surface area contributed by atoms with E-state index in [-0.39, 0.29) is 5.91 Å². The van der Waals surface area contributed by atoms with Gasteiger partial charge in [-0.25, -0.2) is 4.98 Å². The van der Waals surface area contributed by atoms with Gasteiger partial charge in [0.1, 0.15) is 0 Å². The van der Waals surface area contributed by atoms with Gasteiger partial charge in [-0.2, -0.15) is 0 Å². The molecule has 30 heavy (non-hydrogen) atoms. The molecule has 156 valence electrons. The SMILES string of the molecule is O=C(Cc1ccc(Cl)cc1)N(CCN1CCOCC1)c1nc(-c2ccncc2)cs1. The second-order valence-corrected chi connectivity index (χ2v) is 8.33. The largest absolute Gasteiger partial charge is 0.379 e. The molecule has 0 spiro atoms. The van der Waals surface area contributed by atoms with E-state index in [0.29, 0.717) is 23.1 Å². The number of halogens is 1. The number of ether oxygens (including phenoxy) is 1. The van der Waals surface area contributed by atoms with Gasteiger partial charge >= 0.3 is 0 Å². The number of hydrogen-bond acceptors (Lipinski definition) is 6. The van der Waals surface area contributed by atoms with Crippen LogP contribution in [0.2, 0.25) is 5.02 Å². The first-order valence-corrected chi connectivity index (χ1v) is 11.2. The summed E-state index contributed by atoms with van der Waals surface area (Å²) in [5.41, 5.74) is 2.78. The molecule has 1 aromatic carbocycles. The molecule has 3 aromatic rings. The number of rotatable bonds is 7. The molecule has 0 aliphatic carbocycles. The maximum atomic E-state index is 13.2. The van der Waals surface area contributed by atoms with Gasteiger partial charge in [-0.15, -0.1) is 11.3 Å². The summed E-state index contributed by atoms with van der Waals surface area (Å²) in [4.78, 5) is 26.2. The number of morpholine rings is 1. The fourth-order valence-corrected chi connectivity index (χ4v) is 4.31. The van der Waals surface area contributed by atoms with E-state index in [1.54, 1.807) is 17.3 Å². The highest BCUT2D eigenvalue weighted by atomic mass is 35.5. The van der Waals surface area contributed by atoms with Crippen molar-refractivity contribution in [3.63, 3.8) is 0 Å².